The SMILES string of the molecule is Cc1cccc([N+](=O)[O-])c1C(=O)NC1CCc2nnc(C(C)C)n2C1. The molecule has 1 aromatic carbocycles. The normalized spacial score (nSPS) is 16.6. The van der Waals surface area contributed by atoms with Crippen molar-refractivity contribution in [2.45, 2.75) is 52.1 Å². The van der Waals surface area contributed by atoms with Gasteiger partial charge >= 0.3 is 0 Å². The zero-order chi connectivity index (χ0) is 18.1. The lowest BCUT2D eigenvalue weighted by Crippen LogP contribution is -2.41. The third-order valence-corrected chi connectivity index (χ3v) is 4.50. The maximum Gasteiger partial charge on any atom is 0.282 e. The number of carbonyl (C=O) groups is 1. The van der Waals surface area contributed by atoms with Crippen molar-refractivity contribution < 1.29 is 9.72 Å². The van der Waals surface area contributed by atoms with E-state index in [2.05, 4.69) is 29.4 Å². The Hall–Kier alpha value is -2.77. The zero-order valence-electron chi connectivity index (χ0n) is 14.5. The van der Waals surface area contributed by atoms with Gasteiger partial charge in [0.25, 0.3) is 11.6 Å². The number of nitro benzene ring substituents is 1. The van der Waals surface area contributed by atoms with Crippen LogP contribution in [0.3, 0.4) is 0 Å². The number of hydrogen-bond donors (Lipinski definition) is 1. The number of aromatic nitrogens is 3. The Morgan fingerprint density at radius 1 is 1.40 bits per heavy atom. The second-order valence-corrected chi connectivity index (χ2v) is 6.67. The van der Waals surface area contributed by atoms with Crippen molar-refractivity contribution in [1.82, 2.24) is 20.1 Å². The standard InChI is InChI=1S/C17H21N5O3/c1-10(2)16-20-19-14-8-7-12(9-21(14)16)18-17(23)15-11(3)5-4-6-13(15)22(24)25/h4-6,10,12H,7-9H2,1-3H3,(H,18,23). The first kappa shape index (κ1) is 17.1. The summed E-state index contributed by atoms with van der Waals surface area (Å²) in [6.45, 7) is 6.39. The Bertz CT molecular complexity index is 828. The van der Waals surface area contributed by atoms with Crippen molar-refractivity contribution >= 4 is 11.6 Å². The average molecular weight is 343 g/mol. The minimum absolute atomic E-state index is 0.104. The van der Waals surface area contributed by atoms with E-state index in [1.54, 1.807) is 19.1 Å². The van der Waals surface area contributed by atoms with Crippen LogP contribution in [-0.2, 0) is 13.0 Å². The lowest BCUT2D eigenvalue weighted by atomic mass is 10.0. The molecule has 0 fully saturated rings. The smallest absolute Gasteiger partial charge is 0.282 e. The molecule has 0 bridgehead atoms. The number of nitrogens with one attached hydrogen (secondary N) is 1. The van der Waals surface area contributed by atoms with Gasteiger partial charge in [0.15, 0.2) is 0 Å². The summed E-state index contributed by atoms with van der Waals surface area (Å²) in [4.78, 5) is 23.4. The molecule has 8 heteroatoms. The maximum atomic E-state index is 12.7. The summed E-state index contributed by atoms with van der Waals surface area (Å²) >= 11 is 0. The van der Waals surface area contributed by atoms with Crippen LogP contribution in [0.2, 0.25) is 0 Å². The second-order valence-electron chi connectivity index (χ2n) is 6.67. The van der Waals surface area contributed by atoms with E-state index in [0.29, 0.717) is 12.1 Å². The number of rotatable bonds is 4. The van der Waals surface area contributed by atoms with Gasteiger partial charge in [0.2, 0.25) is 0 Å². The number of fused-ring (bicyclic) bond motifs is 1. The Balaban J connectivity index is 1.81. The molecule has 2 heterocycles. The summed E-state index contributed by atoms with van der Waals surface area (Å²) in [6.07, 6.45) is 1.46. The summed E-state index contributed by atoms with van der Waals surface area (Å²) in [5, 5.41) is 22.6. The first-order chi connectivity index (χ1) is 11.9. The van der Waals surface area contributed by atoms with Gasteiger partial charge in [0.05, 0.1) is 4.92 Å². The molecular formula is C17H21N5O3. The summed E-state index contributed by atoms with van der Waals surface area (Å²) < 4.78 is 2.05. The van der Waals surface area contributed by atoms with Crippen LogP contribution in [0.25, 0.3) is 0 Å². The molecule has 1 aliphatic rings. The van der Waals surface area contributed by atoms with E-state index in [-0.39, 0.29) is 23.2 Å². The molecule has 1 aromatic heterocycles. The van der Waals surface area contributed by atoms with Crippen molar-refractivity contribution in [1.29, 1.82) is 0 Å². The van der Waals surface area contributed by atoms with Gasteiger partial charge in [-0.2, -0.15) is 0 Å². The molecule has 1 unspecified atom stereocenters. The van der Waals surface area contributed by atoms with Crippen LogP contribution in [0.5, 0.6) is 0 Å². The highest BCUT2D eigenvalue weighted by Gasteiger charge is 2.28. The van der Waals surface area contributed by atoms with E-state index in [1.807, 2.05) is 4.57 Å². The number of hydrogen-bond acceptors (Lipinski definition) is 5. The van der Waals surface area contributed by atoms with Crippen LogP contribution in [0.4, 0.5) is 5.69 Å². The molecule has 0 radical (unpaired) electrons. The van der Waals surface area contributed by atoms with Crippen LogP contribution in [-0.4, -0.2) is 31.6 Å². The molecule has 1 N–H and O–H groups in total. The predicted molar refractivity (Wildman–Crippen MR) is 91.5 cm³/mol. The van der Waals surface area contributed by atoms with Gasteiger partial charge in [0.1, 0.15) is 17.2 Å². The summed E-state index contributed by atoms with van der Waals surface area (Å²) in [5.74, 6) is 1.66. The lowest BCUT2D eigenvalue weighted by Gasteiger charge is -2.26. The molecule has 0 saturated heterocycles. The topological polar surface area (TPSA) is 103 Å². The first-order valence-electron chi connectivity index (χ1n) is 8.35. The van der Waals surface area contributed by atoms with E-state index in [0.717, 1.165) is 24.5 Å². The van der Waals surface area contributed by atoms with Crippen molar-refractivity contribution in [2.24, 2.45) is 0 Å². The van der Waals surface area contributed by atoms with Gasteiger partial charge in [-0.25, -0.2) is 0 Å². The number of benzene rings is 1. The number of amides is 1. The van der Waals surface area contributed by atoms with Gasteiger partial charge in [-0.1, -0.05) is 26.0 Å². The predicted octanol–water partition coefficient (Wildman–Crippen LogP) is 2.36. The fourth-order valence-corrected chi connectivity index (χ4v) is 3.25. The van der Waals surface area contributed by atoms with Crippen LogP contribution in [0.1, 0.15) is 53.8 Å². The first-order valence-corrected chi connectivity index (χ1v) is 8.35. The van der Waals surface area contributed by atoms with Gasteiger partial charge in [-0.3, -0.25) is 14.9 Å². The van der Waals surface area contributed by atoms with Gasteiger partial charge in [0, 0.05) is 31.0 Å². The van der Waals surface area contributed by atoms with Gasteiger partial charge in [-0.05, 0) is 18.9 Å². The number of aryl methyl sites for hydroxylation is 2. The third kappa shape index (κ3) is 3.24. The maximum absolute atomic E-state index is 12.7. The molecule has 3 rings (SSSR count). The van der Waals surface area contributed by atoms with E-state index >= 15 is 0 Å². The Labute approximate surface area is 145 Å². The number of nitrogens with zero attached hydrogens (tertiary/aromatic N) is 4. The quantitative estimate of drug-likeness (QED) is 0.678. The molecule has 25 heavy (non-hydrogen) atoms. The molecule has 1 atom stereocenters. The van der Waals surface area contributed by atoms with E-state index in [4.69, 9.17) is 0 Å². The fourth-order valence-electron chi connectivity index (χ4n) is 3.25. The Morgan fingerprint density at radius 3 is 2.84 bits per heavy atom. The number of nitro groups is 1. The molecule has 8 nitrogen and oxygen atoms in total. The summed E-state index contributed by atoms with van der Waals surface area (Å²) in [7, 11) is 0. The van der Waals surface area contributed by atoms with Crippen LogP contribution < -0.4 is 5.32 Å². The van der Waals surface area contributed by atoms with E-state index < -0.39 is 10.8 Å². The highest BCUT2D eigenvalue weighted by Crippen LogP contribution is 2.24. The second kappa shape index (κ2) is 6.62. The molecule has 1 aliphatic heterocycles. The van der Waals surface area contributed by atoms with Crippen molar-refractivity contribution in [2.75, 3.05) is 0 Å². The monoisotopic (exact) mass is 343 g/mol. The van der Waals surface area contributed by atoms with E-state index in [1.165, 1.54) is 6.07 Å². The molecule has 1 amide bonds. The summed E-state index contributed by atoms with van der Waals surface area (Å²) in [6, 6.07) is 4.55. The molecule has 132 valence electrons. The minimum Gasteiger partial charge on any atom is -0.347 e. The van der Waals surface area contributed by atoms with Crippen LogP contribution >= 0.6 is 0 Å². The Morgan fingerprint density at radius 2 is 2.16 bits per heavy atom. The molecule has 0 spiro atoms. The molecule has 0 aliphatic carbocycles. The van der Waals surface area contributed by atoms with Gasteiger partial charge in [-0.15, -0.1) is 10.2 Å². The lowest BCUT2D eigenvalue weighted by molar-refractivity contribution is -0.385. The highest BCUT2D eigenvalue weighted by molar-refractivity contribution is 5.99. The summed E-state index contributed by atoms with van der Waals surface area (Å²) in [5.41, 5.74) is 0.558. The van der Waals surface area contributed by atoms with Gasteiger partial charge < -0.3 is 9.88 Å². The third-order valence-electron chi connectivity index (χ3n) is 4.50. The van der Waals surface area contributed by atoms with Crippen LogP contribution in [0, 0.1) is 17.0 Å². The van der Waals surface area contributed by atoms with Crippen LogP contribution in [0.15, 0.2) is 18.2 Å². The van der Waals surface area contributed by atoms with Crippen molar-refractivity contribution in [3.63, 3.8) is 0 Å². The number of carbonyl (C=O) groups excluding carboxylic acids is 1. The fraction of sp³-hybridized carbons (Fsp3) is 0.471. The van der Waals surface area contributed by atoms with Crippen molar-refractivity contribution in [3.8, 4) is 0 Å². The highest BCUT2D eigenvalue weighted by atomic mass is 16.6. The Kier molecular flexibility index (Phi) is 4.52. The van der Waals surface area contributed by atoms with Crippen molar-refractivity contribution in [3.05, 3.63) is 51.1 Å². The zero-order valence-corrected chi connectivity index (χ0v) is 14.5. The molecule has 2 aromatic rings. The molecule has 0 saturated carbocycles. The minimum atomic E-state index is -0.516. The van der Waals surface area contributed by atoms with E-state index in [9.17, 15) is 14.9 Å². The largest absolute Gasteiger partial charge is 0.347 e. The average Bonchev–Trinajstić information content (AvgIpc) is 2.97. The molecular weight excluding hydrogens is 322 g/mol.